The molecule has 1 fully saturated rings. The third-order valence-corrected chi connectivity index (χ3v) is 5.40. The van der Waals surface area contributed by atoms with Gasteiger partial charge in [-0.3, -0.25) is 14.9 Å². The number of likely N-dealkylation sites (tertiary alicyclic amines) is 1. The van der Waals surface area contributed by atoms with E-state index in [1.165, 1.54) is 0 Å². The molecule has 2 aromatic rings. The summed E-state index contributed by atoms with van der Waals surface area (Å²) in [7, 11) is 0. The summed E-state index contributed by atoms with van der Waals surface area (Å²) in [6.07, 6.45) is 2.08. The fourth-order valence-electron chi connectivity index (χ4n) is 3.45. The van der Waals surface area contributed by atoms with Crippen LogP contribution in [0.25, 0.3) is 0 Å². The van der Waals surface area contributed by atoms with Crippen molar-refractivity contribution in [3.63, 3.8) is 0 Å². The first-order valence-corrected chi connectivity index (χ1v) is 11.0. The van der Waals surface area contributed by atoms with E-state index < -0.39 is 0 Å². The first kappa shape index (κ1) is 22.7. The molecule has 1 heterocycles. The van der Waals surface area contributed by atoms with E-state index >= 15 is 0 Å². The molecule has 1 aliphatic heterocycles. The number of piperidine rings is 1. The minimum Gasteiger partial charge on any atom is -0.491 e. The Labute approximate surface area is 189 Å². The number of carbonyl (C=O) groups is 2. The van der Waals surface area contributed by atoms with Crippen molar-refractivity contribution in [3.8, 4) is 5.75 Å². The summed E-state index contributed by atoms with van der Waals surface area (Å²) in [6, 6.07) is 14.1. The zero-order valence-corrected chi connectivity index (χ0v) is 19.0. The van der Waals surface area contributed by atoms with Gasteiger partial charge in [0.15, 0.2) is 5.11 Å². The Morgan fingerprint density at radius 3 is 2.35 bits per heavy atom. The SMILES string of the molecule is CC1CCN(C(=O)c2ccccc2NC(=S)NC(=O)c2ccc(OC(C)C)cc2)CC1. The van der Waals surface area contributed by atoms with Crippen molar-refractivity contribution in [2.75, 3.05) is 18.4 Å². The van der Waals surface area contributed by atoms with Gasteiger partial charge in [0.05, 0.1) is 17.4 Å². The topological polar surface area (TPSA) is 70.7 Å². The molecule has 164 valence electrons. The average Bonchev–Trinajstić information content (AvgIpc) is 2.74. The number of ether oxygens (including phenoxy) is 1. The number of anilines is 1. The average molecular weight is 440 g/mol. The highest BCUT2D eigenvalue weighted by Crippen LogP contribution is 2.22. The minimum absolute atomic E-state index is 0.0233. The standard InChI is InChI=1S/C24H29N3O3S/c1-16(2)30-19-10-8-18(9-11-19)22(28)26-24(31)25-21-7-5-4-6-20(21)23(29)27-14-12-17(3)13-15-27/h4-11,16-17H,12-15H2,1-3H3,(H2,25,26,28,31). The second-order valence-corrected chi connectivity index (χ2v) is 8.53. The highest BCUT2D eigenvalue weighted by atomic mass is 32.1. The van der Waals surface area contributed by atoms with Crippen molar-refractivity contribution in [3.05, 3.63) is 59.7 Å². The highest BCUT2D eigenvalue weighted by Gasteiger charge is 2.23. The molecule has 7 heteroatoms. The maximum absolute atomic E-state index is 13.0. The van der Waals surface area contributed by atoms with Gasteiger partial charge in [-0.05, 0) is 81.2 Å². The number of para-hydroxylation sites is 1. The molecule has 0 saturated carbocycles. The van der Waals surface area contributed by atoms with Crippen LogP contribution in [0, 0.1) is 5.92 Å². The summed E-state index contributed by atoms with van der Waals surface area (Å²) in [4.78, 5) is 27.4. The molecule has 0 unspecified atom stereocenters. The van der Waals surface area contributed by atoms with E-state index in [0.29, 0.717) is 28.5 Å². The van der Waals surface area contributed by atoms with Crippen LogP contribution in [-0.4, -0.2) is 41.0 Å². The Bertz CT molecular complexity index is 935. The predicted octanol–water partition coefficient (Wildman–Crippen LogP) is 4.47. The van der Waals surface area contributed by atoms with Gasteiger partial charge in [0.1, 0.15) is 5.75 Å². The second kappa shape index (κ2) is 10.4. The molecule has 1 aliphatic rings. The molecular formula is C24H29N3O3S. The third-order valence-electron chi connectivity index (χ3n) is 5.19. The van der Waals surface area contributed by atoms with Crippen molar-refractivity contribution < 1.29 is 14.3 Å². The molecule has 31 heavy (non-hydrogen) atoms. The molecule has 2 N–H and O–H groups in total. The number of carbonyl (C=O) groups excluding carboxylic acids is 2. The van der Waals surface area contributed by atoms with Crippen LogP contribution in [0.2, 0.25) is 0 Å². The quantitative estimate of drug-likeness (QED) is 0.673. The Morgan fingerprint density at radius 1 is 1.06 bits per heavy atom. The zero-order valence-electron chi connectivity index (χ0n) is 18.2. The van der Waals surface area contributed by atoms with Gasteiger partial charge < -0.3 is 15.0 Å². The van der Waals surface area contributed by atoms with Crippen molar-refractivity contribution in [1.82, 2.24) is 10.2 Å². The minimum atomic E-state index is -0.331. The van der Waals surface area contributed by atoms with Crippen molar-refractivity contribution in [2.45, 2.75) is 39.7 Å². The van der Waals surface area contributed by atoms with Gasteiger partial charge in [0, 0.05) is 18.7 Å². The van der Waals surface area contributed by atoms with Crippen LogP contribution < -0.4 is 15.4 Å². The number of hydrogen-bond donors (Lipinski definition) is 2. The molecule has 0 radical (unpaired) electrons. The molecule has 1 saturated heterocycles. The zero-order chi connectivity index (χ0) is 22.4. The smallest absolute Gasteiger partial charge is 0.257 e. The fourth-order valence-corrected chi connectivity index (χ4v) is 3.65. The molecule has 6 nitrogen and oxygen atoms in total. The lowest BCUT2D eigenvalue weighted by atomic mass is 9.98. The normalized spacial score (nSPS) is 14.3. The molecule has 0 spiro atoms. The molecule has 0 bridgehead atoms. The number of benzene rings is 2. The lowest BCUT2D eigenvalue weighted by Crippen LogP contribution is -2.39. The highest BCUT2D eigenvalue weighted by molar-refractivity contribution is 7.80. The van der Waals surface area contributed by atoms with Crippen LogP contribution in [0.4, 0.5) is 5.69 Å². The third kappa shape index (κ3) is 6.28. The number of amides is 2. The number of hydrogen-bond acceptors (Lipinski definition) is 4. The Kier molecular flexibility index (Phi) is 7.63. The van der Waals surface area contributed by atoms with Crippen molar-refractivity contribution in [2.24, 2.45) is 5.92 Å². The summed E-state index contributed by atoms with van der Waals surface area (Å²) in [5.74, 6) is 0.991. The van der Waals surface area contributed by atoms with E-state index in [-0.39, 0.29) is 23.0 Å². The van der Waals surface area contributed by atoms with Gasteiger partial charge in [-0.25, -0.2) is 0 Å². The summed E-state index contributed by atoms with van der Waals surface area (Å²) in [5.41, 5.74) is 1.59. The Morgan fingerprint density at radius 2 is 1.71 bits per heavy atom. The first-order chi connectivity index (χ1) is 14.8. The van der Waals surface area contributed by atoms with Crippen LogP contribution in [0.3, 0.4) is 0 Å². The lowest BCUT2D eigenvalue weighted by molar-refractivity contribution is 0.0698. The largest absolute Gasteiger partial charge is 0.491 e. The molecule has 2 aromatic carbocycles. The van der Waals surface area contributed by atoms with Crippen LogP contribution in [0.1, 0.15) is 54.3 Å². The van der Waals surface area contributed by atoms with E-state index in [4.69, 9.17) is 17.0 Å². The summed E-state index contributed by atoms with van der Waals surface area (Å²) in [6.45, 7) is 7.61. The van der Waals surface area contributed by atoms with E-state index in [0.717, 1.165) is 25.9 Å². The van der Waals surface area contributed by atoms with Gasteiger partial charge in [-0.2, -0.15) is 0 Å². The molecule has 3 rings (SSSR count). The van der Waals surface area contributed by atoms with Gasteiger partial charge >= 0.3 is 0 Å². The maximum Gasteiger partial charge on any atom is 0.257 e. The molecule has 2 amide bonds. The van der Waals surface area contributed by atoms with Crippen LogP contribution in [-0.2, 0) is 0 Å². The number of nitrogens with zero attached hydrogens (tertiary/aromatic N) is 1. The maximum atomic E-state index is 13.0. The fraction of sp³-hybridized carbons (Fsp3) is 0.375. The molecule has 0 aromatic heterocycles. The summed E-state index contributed by atoms with van der Waals surface area (Å²) in [5, 5.41) is 5.82. The molecular weight excluding hydrogens is 410 g/mol. The molecule has 0 aliphatic carbocycles. The Hall–Kier alpha value is -2.93. The monoisotopic (exact) mass is 439 g/mol. The Balaban J connectivity index is 1.63. The lowest BCUT2D eigenvalue weighted by Gasteiger charge is -2.30. The van der Waals surface area contributed by atoms with Gasteiger partial charge in [0.25, 0.3) is 11.8 Å². The van der Waals surface area contributed by atoms with Crippen LogP contribution in [0.15, 0.2) is 48.5 Å². The summed E-state index contributed by atoms with van der Waals surface area (Å²) >= 11 is 5.32. The van der Waals surface area contributed by atoms with E-state index in [9.17, 15) is 9.59 Å². The summed E-state index contributed by atoms with van der Waals surface area (Å²) < 4.78 is 5.59. The number of thiocarbonyl (C=S) groups is 1. The van der Waals surface area contributed by atoms with Gasteiger partial charge in [-0.15, -0.1) is 0 Å². The van der Waals surface area contributed by atoms with E-state index in [2.05, 4.69) is 17.6 Å². The van der Waals surface area contributed by atoms with E-state index in [1.807, 2.05) is 30.9 Å². The van der Waals surface area contributed by atoms with Crippen molar-refractivity contribution >= 4 is 34.8 Å². The van der Waals surface area contributed by atoms with Crippen molar-refractivity contribution in [1.29, 1.82) is 0 Å². The predicted molar refractivity (Wildman–Crippen MR) is 127 cm³/mol. The number of nitrogens with one attached hydrogen (secondary N) is 2. The van der Waals surface area contributed by atoms with E-state index in [1.54, 1.807) is 36.4 Å². The van der Waals surface area contributed by atoms with Crippen LogP contribution in [0.5, 0.6) is 5.75 Å². The number of rotatable bonds is 5. The first-order valence-electron chi connectivity index (χ1n) is 10.6. The van der Waals surface area contributed by atoms with Gasteiger partial charge in [-0.1, -0.05) is 19.1 Å². The van der Waals surface area contributed by atoms with Crippen LogP contribution >= 0.6 is 12.2 Å². The second-order valence-electron chi connectivity index (χ2n) is 8.12. The molecule has 0 atom stereocenters. The van der Waals surface area contributed by atoms with Gasteiger partial charge in [0.2, 0.25) is 0 Å².